The van der Waals surface area contributed by atoms with Crippen molar-refractivity contribution >= 4 is 0 Å². The second kappa shape index (κ2) is 6.34. The minimum atomic E-state index is 0.117. The van der Waals surface area contributed by atoms with Gasteiger partial charge in [0.15, 0.2) is 0 Å². The van der Waals surface area contributed by atoms with E-state index in [2.05, 4.69) is 22.8 Å². The van der Waals surface area contributed by atoms with Crippen molar-refractivity contribution < 1.29 is 4.74 Å². The van der Waals surface area contributed by atoms with Crippen molar-refractivity contribution in [1.82, 2.24) is 9.80 Å². The molecule has 0 aromatic heterocycles. The first kappa shape index (κ1) is 12.8. The fourth-order valence-corrected chi connectivity index (χ4v) is 2.90. The van der Waals surface area contributed by atoms with Crippen LogP contribution < -0.4 is 0 Å². The zero-order valence-corrected chi connectivity index (χ0v) is 10.8. The fraction of sp³-hybridized carbons (Fsp3) is 0.923. The molecular weight excluding hydrogens is 214 g/mol. The van der Waals surface area contributed by atoms with Crippen molar-refractivity contribution in [1.29, 1.82) is 5.26 Å². The lowest BCUT2D eigenvalue weighted by molar-refractivity contribution is 0.01000. The van der Waals surface area contributed by atoms with Crippen LogP contribution in [0.4, 0.5) is 0 Å². The molecule has 4 heteroatoms. The first-order chi connectivity index (χ1) is 8.35. The Kier molecular flexibility index (Phi) is 4.78. The molecule has 0 aromatic rings. The lowest BCUT2D eigenvalue weighted by Crippen LogP contribution is -2.53. The Morgan fingerprint density at radius 1 is 1.24 bits per heavy atom. The summed E-state index contributed by atoms with van der Waals surface area (Å²) >= 11 is 0. The molecule has 0 aliphatic carbocycles. The summed E-state index contributed by atoms with van der Waals surface area (Å²) in [5.74, 6) is 0. The van der Waals surface area contributed by atoms with Crippen LogP contribution in [0.15, 0.2) is 0 Å². The van der Waals surface area contributed by atoms with Crippen LogP contribution in [0.2, 0.25) is 0 Å². The van der Waals surface area contributed by atoms with E-state index in [0.29, 0.717) is 6.04 Å². The van der Waals surface area contributed by atoms with Crippen LogP contribution in [0.1, 0.15) is 26.2 Å². The summed E-state index contributed by atoms with van der Waals surface area (Å²) < 4.78 is 5.40. The highest BCUT2D eigenvalue weighted by atomic mass is 16.5. The number of hydrogen-bond donors (Lipinski definition) is 0. The van der Waals surface area contributed by atoms with E-state index >= 15 is 0 Å². The third kappa shape index (κ3) is 3.19. The van der Waals surface area contributed by atoms with E-state index in [4.69, 9.17) is 10.00 Å². The molecule has 0 radical (unpaired) electrons. The van der Waals surface area contributed by atoms with Crippen molar-refractivity contribution in [3.8, 4) is 6.07 Å². The lowest BCUT2D eigenvalue weighted by atomic mass is 10.1. The van der Waals surface area contributed by atoms with Crippen molar-refractivity contribution in [2.45, 2.75) is 38.3 Å². The molecule has 2 aliphatic heterocycles. The van der Waals surface area contributed by atoms with Crippen LogP contribution in [0.25, 0.3) is 0 Å². The molecule has 0 N–H and O–H groups in total. The molecule has 1 atom stereocenters. The van der Waals surface area contributed by atoms with Gasteiger partial charge in [0.1, 0.15) is 0 Å². The molecule has 2 saturated heterocycles. The maximum Gasteiger partial charge on any atom is 0.0976 e. The van der Waals surface area contributed by atoms with Crippen molar-refractivity contribution in [2.75, 3.05) is 39.4 Å². The van der Waals surface area contributed by atoms with Crippen molar-refractivity contribution in [3.05, 3.63) is 0 Å². The Morgan fingerprint density at radius 3 is 2.41 bits per heavy atom. The second-order valence-electron chi connectivity index (χ2n) is 4.97. The highest BCUT2D eigenvalue weighted by molar-refractivity contribution is 4.93. The van der Waals surface area contributed by atoms with Crippen molar-refractivity contribution in [2.24, 2.45) is 0 Å². The zero-order valence-electron chi connectivity index (χ0n) is 10.8. The molecule has 2 heterocycles. The van der Waals surface area contributed by atoms with E-state index in [9.17, 15) is 0 Å². The van der Waals surface area contributed by atoms with Gasteiger partial charge in [0.25, 0.3) is 0 Å². The number of nitriles is 1. The zero-order chi connectivity index (χ0) is 12.1. The van der Waals surface area contributed by atoms with Gasteiger partial charge in [-0.25, -0.2) is 0 Å². The largest absolute Gasteiger partial charge is 0.381 e. The molecule has 17 heavy (non-hydrogen) atoms. The minimum absolute atomic E-state index is 0.117. The summed E-state index contributed by atoms with van der Waals surface area (Å²) in [6, 6.07) is 3.24. The highest BCUT2D eigenvalue weighted by Crippen LogP contribution is 2.17. The first-order valence-corrected chi connectivity index (χ1v) is 6.80. The molecule has 1 unspecified atom stereocenters. The van der Waals surface area contributed by atoms with Gasteiger partial charge >= 0.3 is 0 Å². The summed E-state index contributed by atoms with van der Waals surface area (Å²) in [7, 11) is 0. The minimum Gasteiger partial charge on any atom is -0.381 e. The lowest BCUT2D eigenvalue weighted by Gasteiger charge is -2.41. The van der Waals surface area contributed by atoms with Crippen LogP contribution >= 0.6 is 0 Å². The topological polar surface area (TPSA) is 39.5 Å². The summed E-state index contributed by atoms with van der Waals surface area (Å²) in [6.45, 7) is 8.25. The number of rotatable bonds is 3. The molecule has 0 bridgehead atoms. The smallest absolute Gasteiger partial charge is 0.0976 e. The maximum absolute atomic E-state index is 9.07. The van der Waals surface area contributed by atoms with Gasteiger partial charge in [-0.1, -0.05) is 6.92 Å². The van der Waals surface area contributed by atoms with Gasteiger partial charge in [-0.2, -0.15) is 5.26 Å². The quantitative estimate of drug-likeness (QED) is 0.736. The summed E-state index contributed by atoms with van der Waals surface area (Å²) in [6.07, 6.45) is 3.29. The van der Waals surface area contributed by atoms with Crippen LogP contribution in [-0.4, -0.2) is 61.3 Å². The molecule has 0 amide bonds. The molecule has 0 aromatic carbocycles. The van der Waals surface area contributed by atoms with E-state index in [0.717, 1.165) is 45.8 Å². The first-order valence-electron chi connectivity index (χ1n) is 6.80. The maximum atomic E-state index is 9.07. The Morgan fingerprint density at radius 2 is 1.88 bits per heavy atom. The molecule has 4 nitrogen and oxygen atoms in total. The van der Waals surface area contributed by atoms with Crippen molar-refractivity contribution in [3.63, 3.8) is 0 Å². The molecule has 2 rings (SSSR count). The van der Waals surface area contributed by atoms with Crippen LogP contribution in [-0.2, 0) is 4.74 Å². The number of ether oxygens (including phenoxy) is 1. The second-order valence-corrected chi connectivity index (χ2v) is 4.97. The molecule has 0 saturated carbocycles. The summed E-state index contributed by atoms with van der Waals surface area (Å²) in [4.78, 5) is 4.92. The molecular formula is C13H23N3O. The Labute approximate surface area is 104 Å². The van der Waals surface area contributed by atoms with E-state index in [1.165, 1.54) is 12.8 Å². The standard InChI is InChI=1S/C13H23N3O/c1-2-12(11-14)15-5-7-16(8-6-15)13-3-9-17-10-4-13/h12-13H,2-10H2,1H3. The normalized spacial score (nSPS) is 26.6. The number of nitrogens with zero attached hydrogens (tertiary/aromatic N) is 3. The monoisotopic (exact) mass is 237 g/mol. The Bertz CT molecular complexity index is 262. The molecule has 2 fully saturated rings. The summed E-state index contributed by atoms with van der Waals surface area (Å²) in [5, 5.41) is 9.07. The summed E-state index contributed by atoms with van der Waals surface area (Å²) in [5.41, 5.74) is 0. The fourth-order valence-electron chi connectivity index (χ4n) is 2.90. The predicted molar refractivity (Wildman–Crippen MR) is 66.7 cm³/mol. The van der Waals surface area contributed by atoms with E-state index in [-0.39, 0.29) is 6.04 Å². The predicted octanol–water partition coefficient (Wildman–Crippen LogP) is 1.09. The average molecular weight is 237 g/mol. The van der Waals surface area contributed by atoms with E-state index in [1.807, 2.05) is 0 Å². The Hall–Kier alpha value is -0.630. The number of piperazine rings is 1. The van der Waals surface area contributed by atoms with Crippen LogP contribution in [0, 0.1) is 11.3 Å². The van der Waals surface area contributed by atoms with E-state index in [1.54, 1.807) is 0 Å². The van der Waals surface area contributed by atoms with Gasteiger partial charge in [0.2, 0.25) is 0 Å². The van der Waals surface area contributed by atoms with Gasteiger partial charge in [-0.3, -0.25) is 9.80 Å². The molecule has 2 aliphatic rings. The van der Waals surface area contributed by atoms with Gasteiger partial charge in [-0.05, 0) is 19.3 Å². The van der Waals surface area contributed by atoms with Crippen LogP contribution in [0.5, 0.6) is 0 Å². The highest BCUT2D eigenvalue weighted by Gasteiger charge is 2.27. The Balaban J connectivity index is 1.79. The molecule has 96 valence electrons. The average Bonchev–Trinajstić information content (AvgIpc) is 2.42. The van der Waals surface area contributed by atoms with Gasteiger partial charge in [-0.15, -0.1) is 0 Å². The third-order valence-electron chi connectivity index (χ3n) is 4.03. The third-order valence-corrected chi connectivity index (χ3v) is 4.03. The van der Waals surface area contributed by atoms with E-state index < -0.39 is 0 Å². The van der Waals surface area contributed by atoms with Gasteiger partial charge < -0.3 is 4.74 Å². The van der Waals surface area contributed by atoms with Gasteiger partial charge in [0, 0.05) is 45.4 Å². The molecule has 0 spiro atoms. The van der Waals surface area contributed by atoms with Gasteiger partial charge in [0.05, 0.1) is 12.1 Å². The number of hydrogen-bond acceptors (Lipinski definition) is 4. The SMILES string of the molecule is CCC(C#N)N1CCN(C2CCOCC2)CC1. The van der Waals surface area contributed by atoms with Crippen LogP contribution in [0.3, 0.4) is 0 Å².